The second-order valence-corrected chi connectivity index (χ2v) is 8.52. The van der Waals surface area contributed by atoms with Crippen LogP contribution in [-0.4, -0.2) is 28.3 Å². The highest BCUT2D eigenvalue weighted by Gasteiger charge is 2.44. The summed E-state index contributed by atoms with van der Waals surface area (Å²) < 4.78 is 16.8. The first-order chi connectivity index (χ1) is 15.8. The topological polar surface area (TPSA) is 93.1 Å². The Hall–Kier alpha value is -3.74. The first-order valence-electron chi connectivity index (χ1n) is 11.0. The molecule has 0 bridgehead atoms. The number of furan rings is 2. The van der Waals surface area contributed by atoms with E-state index in [1.807, 2.05) is 18.2 Å². The zero-order chi connectivity index (χ0) is 23.5. The number of benzene rings is 1. The summed E-state index contributed by atoms with van der Waals surface area (Å²) in [5, 5.41) is 10.8. The van der Waals surface area contributed by atoms with Crippen molar-refractivity contribution >= 4 is 11.7 Å². The highest BCUT2D eigenvalue weighted by molar-refractivity contribution is 6.15. The summed E-state index contributed by atoms with van der Waals surface area (Å²) in [6.45, 7) is 6.62. The van der Waals surface area contributed by atoms with Crippen LogP contribution in [0.2, 0.25) is 0 Å². The van der Waals surface area contributed by atoms with Crippen molar-refractivity contribution < 1.29 is 28.3 Å². The minimum Gasteiger partial charge on any atom is -0.503 e. The van der Waals surface area contributed by atoms with E-state index in [1.54, 1.807) is 37.3 Å². The summed E-state index contributed by atoms with van der Waals surface area (Å²) in [5.74, 6) is 0.533. The highest BCUT2D eigenvalue weighted by Crippen LogP contribution is 2.41. The molecule has 1 N–H and O–H groups in total. The van der Waals surface area contributed by atoms with Gasteiger partial charge in [-0.2, -0.15) is 0 Å². The summed E-state index contributed by atoms with van der Waals surface area (Å²) in [6.07, 6.45) is 2.41. The number of amides is 1. The molecule has 0 aliphatic carbocycles. The van der Waals surface area contributed by atoms with Gasteiger partial charge >= 0.3 is 0 Å². The molecule has 1 aliphatic rings. The number of hydrogen-bond donors (Lipinski definition) is 1. The number of aliphatic hydroxyl groups excluding tert-OH is 1. The molecule has 0 saturated heterocycles. The van der Waals surface area contributed by atoms with Crippen LogP contribution >= 0.6 is 0 Å². The van der Waals surface area contributed by atoms with Gasteiger partial charge in [-0.25, -0.2) is 0 Å². The molecule has 172 valence electrons. The molecule has 1 aromatic carbocycles. The number of aryl methyl sites for hydroxylation is 1. The van der Waals surface area contributed by atoms with Crippen LogP contribution in [0.3, 0.4) is 0 Å². The lowest BCUT2D eigenvalue weighted by Gasteiger charge is -2.26. The zero-order valence-electron chi connectivity index (χ0n) is 18.9. The largest absolute Gasteiger partial charge is 0.503 e. The van der Waals surface area contributed by atoms with Crippen molar-refractivity contribution in [1.82, 2.24) is 4.90 Å². The van der Waals surface area contributed by atoms with Gasteiger partial charge in [-0.3, -0.25) is 9.59 Å². The maximum Gasteiger partial charge on any atom is 0.290 e. The third-order valence-corrected chi connectivity index (χ3v) is 5.56. The second-order valence-electron chi connectivity index (χ2n) is 8.52. The average Bonchev–Trinajstić information content (AvgIpc) is 3.51. The van der Waals surface area contributed by atoms with E-state index in [-0.39, 0.29) is 17.9 Å². The van der Waals surface area contributed by atoms with Gasteiger partial charge in [0, 0.05) is 0 Å². The Morgan fingerprint density at radius 1 is 1.18 bits per heavy atom. The minimum atomic E-state index is -0.825. The molecular weight excluding hydrogens is 422 g/mol. The summed E-state index contributed by atoms with van der Waals surface area (Å²) in [6, 6.07) is 13.1. The average molecular weight is 450 g/mol. The lowest BCUT2D eigenvalue weighted by atomic mass is 9.95. The van der Waals surface area contributed by atoms with E-state index in [1.165, 1.54) is 11.2 Å². The SMILES string of the molecule is Cc1ccc(C(=O)C2=C(O)C(=O)N(Cc3ccco3)[C@H]2c2cccc(OCCC(C)C)c2)o1. The maximum absolute atomic E-state index is 13.3. The molecule has 1 atom stereocenters. The third-order valence-electron chi connectivity index (χ3n) is 5.56. The predicted octanol–water partition coefficient (Wildman–Crippen LogP) is 5.38. The first-order valence-corrected chi connectivity index (χ1v) is 11.0. The van der Waals surface area contributed by atoms with Gasteiger partial charge in [0.05, 0.1) is 31.0 Å². The van der Waals surface area contributed by atoms with Crippen molar-refractivity contribution in [3.63, 3.8) is 0 Å². The molecule has 0 radical (unpaired) electrons. The number of Topliss-reactive ketones (excluding diaryl/α,β-unsaturated/α-hetero) is 1. The third kappa shape index (κ3) is 4.72. The van der Waals surface area contributed by atoms with Crippen LogP contribution in [0.5, 0.6) is 5.75 Å². The summed E-state index contributed by atoms with van der Waals surface area (Å²) in [5.41, 5.74) is 0.618. The van der Waals surface area contributed by atoms with Crippen molar-refractivity contribution in [1.29, 1.82) is 0 Å². The van der Waals surface area contributed by atoms with Gasteiger partial charge in [0.25, 0.3) is 5.91 Å². The number of hydrogen-bond acceptors (Lipinski definition) is 6. The Labute approximate surface area is 192 Å². The molecular formula is C26H27NO6. The second kappa shape index (κ2) is 9.40. The fourth-order valence-corrected chi connectivity index (χ4v) is 3.84. The molecule has 7 heteroatoms. The number of rotatable bonds is 9. The molecule has 4 rings (SSSR count). The molecule has 2 aromatic heterocycles. The summed E-state index contributed by atoms with van der Waals surface area (Å²) in [4.78, 5) is 27.8. The number of ketones is 1. The van der Waals surface area contributed by atoms with Crippen LogP contribution < -0.4 is 4.74 Å². The summed E-state index contributed by atoms with van der Waals surface area (Å²) >= 11 is 0. The van der Waals surface area contributed by atoms with Gasteiger partial charge in [-0.1, -0.05) is 26.0 Å². The van der Waals surface area contributed by atoms with Gasteiger partial charge in [-0.15, -0.1) is 0 Å². The lowest BCUT2D eigenvalue weighted by Crippen LogP contribution is -2.30. The molecule has 1 aliphatic heterocycles. The van der Waals surface area contributed by atoms with E-state index in [9.17, 15) is 14.7 Å². The van der Waals surface area contributed by atoms with Crippen LogP contribution in [0.1, 0.15) is 53.9 Å². The van der Waals surface area contributed by atoms with Gasteiger partial charge in [0.2, 0.25) is 5.78 Å². The number of carbonyl (C=O) groups excluding carboxylic acids is 2. The fraction of sp³-hybridized carbons (Fsp3) is 0.308. The van der Waals surface area contributed by atoms with Crippen molar-refractivity contribution in [2.24, 2.45) is 5.92 Å². The van der Waals surface area contributed by atoms with Crippen molar-refractivity contribution in [2.75, 3.05) is 6.61 Å². The van der Waals surface area contributed by atoms with Crippen molar-refractivity contribution in [3.8, 4) is 5.75 Å². The van der Waals surface area contributed by atoms with Gasteiger partial charge in [-0.05, 0) is 61.2 Å². The predicted molar refractivity (Wildman–Crippen MR) is 121 cm³/mol. The van der Waals surface area contributed by atoms with E-state index in [4.69, 9.17) is 13.6 Å². The number of aliphatic hydroxyl groups is 1. The first kappa shape index (κ1) is 22.5. The van der Waals surface area contributed by atoms with Crippen LogP contribution in [-0.2, 0) is 11.3 Å². The van der Waals surface area contributed by atoms with Gasteiger partial charge in [0.15, 0.2) is 11.5 Å². The van der Waals surface area contributed by atoms with Crippen LogP contribution in [0.25, 0.3) is 0 Å². The van der Waals surface area contributed by atoms with Gasteiger partial charge < -0.3 is 23.6 Å². The Morgan fingerprint density at radius 2 is 2.00 bits per heavy atom. The monoisotopic (exact) mass is 449 g/mol. The quantitative estimate of drug-likeness (QED) is 0.441. The smallest absolute Gasteiger partial charge is 0.290 e. The molecule has 3 aromatic rings. The number of carbonyl (C=O) groups is 2. The summed E-state index contributed by atoms with van der Waals surface area (Å²) in [7, 11) is 0. The number of ether oxygens (including phenoxy) is 1. The van der Waals surface area contributed by atoms with Crippen LogP contribution in [0.4, 0.5) is 0 Å². The Kier molecular flexibility index (Phi) is 6.40. The molecule has 0 unspecified atom stereocenters. The number of nitrogens with zero attached hydrogens (tertiary/aromatic N) is 1. The van der Waals surface area contributed by atoms with E-state index >= 15 is 0 Å². The zero-order valence-corrected chi connectivity index (χ0v) is 18.9. The highest BCUT2D eigenvalue weighted by atomic mass is 16.5. The fourth-order valence-electron chi connectivity index (χ4n) is 3.84. The Balaban J connectivity index is 1.72. The molecule has 0 spiro atoms. The van der Waals surface area contributed by atoms with Crippen LogP contribution in [0.15, 0.2) is 75.0 Å². The molecule has 33 heavy (non-hydrogen) atoms. The lowest BCUT2D eigenvalue weighted by molar-refractivity contribution is -0.130. The maximum atomic E-state index is 13.3. The minimum absolute atomic E-state index is 0.0276. The van der Waals surface area contributed by atoms with E-state index < -0.39 is 23.5 Å². The van der Waals surface area contributed by atoms with E-state index in [0.717, 1.165) is 6.42 Å². The normalized spacial score (nSPS) is 16.2. The Morgan fingerprint density at radius 3 is 2.67 bits per heavy atom. The molecule has 1 amide bonds. The molecule has 3 heterocycles. The van der Waals surface area contributed by atoms with Crippen molar-refractivity contribution in [2.45, 2.75) is 39.8 Å². The molecule has 7 nitrogen and oxygen atoms in total. The molecule has 0 fully saturated rings. The standard InChI is InChI=1S/C26H27NO6/c1-16(2)11-13-32-19-7-4-6-18(14-19)23-22(24(28)21-10-9-17(3)33-21)25(29)26(30)27(23)15-20-8-5-12-31-20/h4-10,12,14,16,23,29H,11,13,15H2,1-3H3/t23-/m0/s1. The van der Waals surface area contributed by atoms with Gasteiger partial charge in [0.1, 0.15) is 17.3 Å². The van der Waals surface area contributed by atoms with Crippen molar-refractivity contribution in [3.05, 3.63) is 89.0 Å². The molecule has 0 saturated carbocycles. The Bertz CT molecular complexity index is 1170. The van der Waals surface area contributed by atoms with Crippen LogP contribution in [0, 0.1) is 12.8 Å². The van der Waals surface area contributed by atoms with E-state index in [0.29, 0.717) is 35.4 Å². The van der Waals surface area contributed by atoms with E-state index in [2.05, 4.69) is 13.8 Å².